The molecule has 0 spiro atoms. The summed E-state index contributed by atoms with van der Waals surface area (Å²) < 4.78 is 32.6. The summed E-state index contributed by atoms with van der Waals surface area (Å²) in [6.45, 7) is 1.18. The number of hydrogen-bond donors (Lipinski definition) is 2. The molecule has 32 heavy (non-hydrogen) atoms. The predicted molar refractivity (Wildman–Crippen MR) is 122 cm³/mol. The number of amides is 1. The summed E-state index contributed by atoms with van der Waals surface area (Å²) in [5.74, 6) is -0.692. The summed E-state index contributed by atoms with van der Waals surface area (Å²) in [5, 5.41) is 8.96. The molecular weight excluding hydrogens is 428 g/mol. The lowest BCUT2D eigenvalue weighted by atomic mass is 9.95. The van der Waals surface area contributed by atoms with Crippen LogP contribution in [0.3, 0.4) is 0 Å². The van der Waals surface area contributed by atoms with Gasteiger partial charge in [-0.2, -0.15) is 4.31 Å². The van der Waals surface area contributed by atoms with Crippen LogP contribution in [0, 0.1) is 0 Å². The van der Waals surface area contributed by atoms with Crippen LogP contribution < -0.4 is 5.48 Å². The van der Waals surface area contributed by atoms with Crippen LogP contribution in [-0.4, -0.2) is 54.9 Å². The Labute approximate surface area is 188 Å². The highest BCUT2D eigenvalue weighted by atomic mass is 32.2. The summed E-state index contributed by atoms with van der Waals surface area (Å²) >= 11 is 0. The van der Waals surface area contributed by atoms with Crippen molar-refractivity contribution in [3.8, 4) is 11.1 Å². The Morgan fingerprint density at radius 1 is 1.00 bits per heavy atom. The molecule has 7 nitrogen and oxygen atoms in total. The minimum absolute atomic E-state index is 0.233. The fourth-order valence-electron chi connectivity index (χ4n) is 4.51. The van der Waals surface area contributed by atoms with Crippen molar-refractivity contribution in [2.75, 3.05) is 26.3 Å². The molecule has 0 unspecified atom stereocenters. The molecular formula is C24H28N2O5S. The van der Waals surface area contributed by atoms with Gasteiger partial charge in [-0.25, -0.2) is 13.9 Å². The molecule has 2 N–H and O–H groups in total. The van der Waals surface area contributed by atoms with Crippen LogP contribution >= 0.6 is 0 Å². The largest absolute Gasteiger partial charge is 0.381 e. The van der Waals surface area contributed by atoms with Crippen molar-refractivity contribution in [2.24, 2.45) is 0 Å². The summed E-state index contributed by atoms with van der Waals surface area (Å²) in [6, 6.07) is 18.5. The fraction of sp³-hybridized carbons (Fsp3) is 0.375. The molecule has 0 aliphatic carbocycles. The van der Waals surface area contributed by atoms with Crippen molar-refractivity contribution in [3.63, 3.8) is 0 Å². The van der Waals surface area contributed by atoms with Crippen LogP contribution in [0.15, 0.2) is 60.7 Å². The maximum absolute atomic E-state index is 13.5. The zero-order valence-electron chi connectivity index (χ0n) is 17.9. The van der Waals surface area contributed by atoms with Crippen molar-refractivity contribution in [2.45, 2.75) is 30.4 Å². The van der Waals surface area contributed by atoms with Gasteiger partial charge in [0.2, 0.25) is 15.9 Å². The zero-order chi connectivity index (χ0) is 22.6. The smallest absolute Gasteiger partial charge is 0.244 e. The van der Waals surface area contributed by atoms with E-state index in [1.165, 1.54) is 4.31 Å². The minimum Gasteiger partial charge on any atom is -0.381 e. The number of hydrogen-bond acceptors (Lipinski definition) is 5. The van der Waals surface area contributed by atoms with E-state index in [1.807, 2.05) is 24.3 Å². The molecule has 0 aromatic heterocycles. The highest BCUT2D eigenvalue weighted by Gasteiger charge is 2.49. The lowest BCUT2D eigenvalue weighted by Gasteiger charge is -2.40. The quantitative estimate of drug-likeness (QED) is 0.514. The molecule has 1 fully saturated rings. The average molecular weight is 457 g/mol. The van der Waals surface area contributed by atoms with Gasteiger partial charge >= 0.3 is 0 Å². The molecule has 0 radical (unpaired) electrons. The lowest BCUT2D eigenvalue weighted by molar-refractivity contribution is -0.130. The third-order valence-electron chi connectivity index (χ3n) is 6.43. The number of nitrogens with one attached hydrogen (secondary N) is 1. The van der Waals surface area contributed by atoms with Crippen LogP contribution in [0.4, 0.5) is 0 Å². The molecule has 2 aromatic rings. The number of ether oxygens (including phenoxy) is 1. The SMILES string of the molecule is O=C(CC1(S(=O)(=O)N2CC=C(c3ccc(-c4ccccc4)cc3)CC2)CCOCC1)NO. The van der Waals surface area contributed by atoms with E-state index < -0.39 is 20.7 Å². The van der Waals surface area contributed by atoms with E-state index in [1.54, 1.807) is 5.48 Å². The summed E-state index contributed by atoms with van der Waals surface area (Å²) in [4.78, 5) is 11.9. The van der Waals surface area contributed by atoms with Crippen LogP contribution in [0.5, 0.6) is 0 Å². The molecule has 170 valence electrons. The highest BCUT2D eigenvalue weighted by molar-refractivity contribution is 7.90. The zero-order valence-corrected chi connectivity index (χ0v) is 18.7. The first-order chi connectivity index (χ1) is 15.4. The van der Waals surface area contributed by atoms with Gasteiger partial charge in [-0.3, -0.25) is 10.0 Å². The van der Waals surface area contributed by atoms with Gasteiger partial charge in [-0.1, -0.05) is 60.7 Å². The van der Waals surface area contributed by atoms with Gasteiger partial charge in [0.15, 0.2) is 0 Å². The Hall–Kier alpha value is -2.52. The van der Waals surface area contributed by atoms with Crippen molar-refractivity contribution in [3.05, 3.63) is 66.2 Å². The van der Waals surface area contributed by atoms with Gasteiger partial charge in [0.25, 0.3) is 0 Å². The number of rotatable bonds is 6. The predicted octanol–water partition coefficient (Wildman–Crippen LogP) is 3.22. The first-order valence-electron chi connectivity index (χ1n) is 10.8. The first-order valence-corrected chi connectivity index (χ1v) is 12.2. The van der Waals surface area contributed by atoms with E-state index in [4.69, 9.17) is 9.94 Å². The van der Waals surface area contributed by atoms with Gasteiger partial charge in [-0.15, -0.1) is 0 Å². The van der Waals surface area contributed by atoms with Crippen molar-refractivity contribution >= 4 is 21.5 Å². The second kappa shape index (κ2) is 9.54. The van der Waals surface area contributed by atoms with Crippen molar-refractivity contribution < 1.29 is 23.2 Å². The summed E-state index contributed by atoms with van der Waals surface area (Å²) in [5.41, 5.74) is 6.08. The number of hydroxylamine groups is 1. The average Bonchev–Trinajstić information content (AvgIpc) is 2.85. The van der Waals surface area contributed by atoms with E-state index >= 15 is 0 Å². The number of sulfonamides is 1. The van der Waals surface area contributed by atoms with E-state index in [0.717, 1.165) is 22.3 Å². The number of carbonyl (C=O) groups excluding carboxylic acids is 1. The standard InChI is InChI=1S/C24H28N2O5S/c27-23(25-28)18-24(12-16-31-17-13-24)32(29,30)26-14-10-22(11-15-26)21-8-6-20(7-9-21)19-4-2-1-3-5-19/h1-10,28H,11-18H2,(H,25,27). The maximum atomic E-state index is 13.5. The number of benzene rings is 2. The minimum atomic E-state index is -3.76. The van der Waals surface area contributed by atoms with E-state index in [2.05, 4.69) is 36.4 Å². The highest BCUT2D eigenvalue weighted by Crippen LogP contribution is 2.37. The summed E-state index contributed by atoms with van der Waals surface area (Å²) in [7, 11) is -3.76. The normalized spacial score (nSPS) is 19.2. The molecule has 4 rings (SSSR count). The number of nitrogens with zero attached hydrogens (tertiary/aromatic N) is 1. The molecule has 2 aliphatic heterocycles. The Morgan fingerprint density at radius 2 is 1.62 bits per heavy atom. The van der Waals surface area contributed by atoms with Crippen LogP contribution in [-0.2, 0) is 19.6 Å². The van der Waals surface area contributed by atoms with Crippen LogP contribution in [0.1, 0.15) is 31.2 Å². The second-order valence-electron chi connectivity index (χ2n) is 8.29. The van der Waals surface area contributed by atoms with Crippen LogP contribution in [0.2, 0.25) is 0 Å². The van der Waals surface area contributed by atoms with Crippen molar-refractivity contribution in [1.29, 1.82) is 0 Å². The topological polar surface area (TPSA) is 95.9 Å². The molecule has 1 saturated heterocycles. The van der Waals surface area contributed by atoms with E-state index in [9.17, 15) is 13.2 Å². The Balaban J connectivity index is 1.51. The van der Waals surface area contributed by atoms with Gasteiger partial charge in [0, 0.05) is 32.7 Å². The monoisotopic (exact) mass is 456 g/mol. The molecule has 8 heteroatoms. The van der Waals surface area contributed by atoms with Crippen molar-refractivity contribution in [1.82, 2.24) is 9.79 Å². The first kappa shape index (κ1) is 22.7. The lowest BCUT2D eigenvalue weighted by Crippen LogP contribution is -2.54. The summed E-state index contributed by atoms with van der Waals surface area (Å²) in [6.07, 6.45) is 2.75. The van der Waals surface area contributed by atoms with Crippen LogP contribution in [0.25, 0.3) is 16.7 Å². The third-order valence-corrected chi connectivity index (χ3v) is 9.09. The van der Waals surface area contributed by atoms with Gasteiger partial charge in [0.05, 0.1) is 4.75 Å². The van der Waals surface area contributed by atoms with Gasteiger partial charge in [-0.05, 0) is 41.5 Å². The fourth-order valence-corrected chi connectivity index (χ4v) is 6.66. The Kier molecular flexibility index (Phi) is 6.76. The molecule has 1 amide bonds. The molecule has 0 bridgehead atoms. The maximum Gasteiger partial charge on any atom is 0.244 e. The molecule has 2 aromatic carbocycles. The molecule has 2 heterocycles. The van der Waals surface area contributed by atoms with Gasteiger partial charge in [0.1, 0.15) is 0 Å². The Bertz CT molecular complexity index is 1080. The molecule has 2 aliphatic rings. The van der Waals surface area contributed by atoms with E-state index in [0.29, 0.717) is 13.0 Å². The molecule has 0 atom stereocenters. The third kappa shape index (κ3) is 4.49. The van der Waals surface area contributed by atoms with E-state index in [-0.39, 0.29) is 39.0 Å². The second-order valence-corrected chi connectivity index (χ2v) is 10.6. The Morgan fingerprint density at radius 3 is 2.22 bits per heavy atom. The van der Waals surface area contributed by atoms with Gasteiger partial charge < -0.3 is 4.74 Å². The number of carbonyl (C=O) groups is 1. The molecule has 0 saturated carbocycles.